The zero-order chi connectivity index (χ0) is 12.6. The summed E-state index contributed by atoms with van der Waals surface area (Å²) in [5.41, 5.74) is -0.322. The van der Waals surface area contributed by atoms with E-state index in [1.165, 1.54) is 0 Å². The Bertz CT molecular complexity index is 168. The summed E-state index contributed by atoms with van der Waals surface area (Å²) in [7, 11) is 0. The predicted molar refractivity (Wildman–Crippen MR) is 63.1 cm³/mol. The number of aliphatic hydroxyl groups excluding tert-OH is 4. The van der Waals surface area contributed by atoms with Gasteiger partial charge in [-0.3, -0.25) is 0 Å². The normalized spacial score (nSPS) is 19.1. The molecule has 98 valence electrons. The first-order valence-corrected chi connectivity index (χ1v) is 6.07. The van der Waals surface area contributed by atoms with Gasteiger partial charge in [0.15, 0.2) is 0 Å². The standard InChI is InChI=1S/C12H26O4/c1-3-12(2,9-14)8-11(16)10(15)6-4-5-7-13/h10-11,13-16H,3-9H2,1-2H3. The van der Waals surface area contributed by atoms with Crippen LogP contribution in [0, 0.1) is 5.41 Å². The molecule has 16 heavy (non-hydrogen) atoms. The molecule has 0 aromatic rings. The first-order valence-electron chi connectivity index (χ1n) is 6.07. The number of rotatable bonds is 9. The maximum Gasteiger partial charge on any atom is 0.0805 e. The van der Waals surface area contributed by atoms with Crippen molar-refractivity contribution in [2.75, 3.05) is 13.2 Å². The average molecular weight is 234 g/mol. The highest BCUT2D eigenvalue weighted by Crippen LogP contribution is 2.28. The van der Waals surface area contributed by atoms with Crippen LogP contribution in [0.25, 0.3) is 0 Å². The second-order valence-corrected chi connectivity index (χ2v) is 4.88. The van der Waals surface area contributed by atoms with Crippen LogP contribution in [-0.2, 0) is 0 Å². The second-order valence-electron chi connectivity index (χ2n) is 4.88. The second kappa shape index (κ2) is 8.01. The smallest absolute Gasteiger partial charge is 0.0805 e. The molecule has 0 spiro atoms. The summed E-state index contributed by atoms with van der Waals surface area (Å²) < 4.78 is 0. The molecular formula is C12H26O4. The first-order chi connectivity index (χ1) is 7.49. The molecule has 0 saturated carbocycles. The van der Waals surface area contributed by atoms with Crippen LogP contribution in [-0.4, -0.2) is 45.8 Å². The molecule has 0 heterocycles. The van der Waals surface area contributed by atoms with E-state index in [1.807, 2.05) is 13.8 Å². The van der Waals surface area contributed by atoms with Gasteiger partial charge < -0.3 is 20.4 Å². The molecule has 3 atom stereocenters. The maximum atomic E-state index is 9.79. The summed E-state index contributed by atoms with van der Waals surface area (Å²) in [6.45, 7) is 3.99. The minimum Gasteiger partial charge on any atom is -0.396 e. The van der Waals surface area contributed by atoms with E-state index in [1.54, 1.807) is 0 Å². The van der Waals surface area contributed by atoms with Gasteiger partial charge >= 0.3 is 0 Å². The Morgan fingerprint density at radius 2 is 1.69 bits per heavy atom. The average Bonchev–Trinajstić information content (AvgIpc) is 2.29. The molecule has 4 nitrogen and oxygen atoms in total. The zero-order valence-electron chi connectivity index (χ0n) is 10.4. The van der Waals surface area contributed by atoms with Crippen molar-refractivity contribution in [1.82, 2.24) is 0 Å². The van der Waals surface area contributed by atoms with Gasteiger partial charge in [0.05, 0.1) is 12.2 Å². The Hall–Kier alpha value is -0.160. The van der Waals surface area contributed by atoms with Gasteiger partial charge in [-0.1, -0.05) is 13.8 Å². The lowest BCUT2D eigenvalue weighted by Gasteiger charge is -2.30. The van der Waals surface area contributed by atoms with E-state index in [0.717, 1.165) is 6.42 Å². The Morgan fingerprint density at radius 1 is 1.06 bits per heavy atom. The minimum atomic E-state index is -0.796. The van der Waals surface area contributed by atoms with Crippen molar-refractivity contribution in [3.63, 3.8) is 0 Å². The molecule has 4 N–H and O–H groups in total. The van der Waals surface area contributed by atoms with Crippen LogP contribution in [0.3, 0.4) is 0 Å². The van der Waals surface area contributed by atoms with Gasteiger partial charge in [0.2, 0.25) is 0 Å². The highest BCUT2D eigenvalue weighted by molar-refractivity contribution is 4.79. The molecular weight excluding hydrogens is 208 g/mol. The molecule has 0 aliphatic carbocycles. The van der Waals surface area contributed by atoms with Crippen molar-refractivity contribution in [2.45, 2.75) is 58.2 Å². The lowest BCUT2D eigenvalue weighted by atomic mass is 9.81. The molecule has 0 bridgehead atoms. The molecule has 3 unspecified atom stereocenters. The topological polar surface area (TPSA) is 80.9 Å². The Kier molecular flexibility index (Phi) is 7.93. The molecule has 0 fully saturated rings. The Balaban J connectivity index is 3.98. The molecule has 0 aliphatic rings. The third-order valence-corrected chi connectivity index (χ3v) is 3.29. The molecule has 4 heteroatoms. The molecule has 0 aromatic heterocycles. The molecule has 0 rings (SSSR count). The van der Waals surface area contributed by atoms with E-state index in [4.69, 9.17) is 5.11 Å². The third-order valence-electron chi connectivity index (χ3n) is 3.29. The molecule has 0 aromatic carbocycles. The van der Waals surface area contributed by atoms with Gasteiger partial charge in [-0.05, 0) is 37.5 Å². The van der Waals surface area contributed by atoms with Crippen molar-refractivity contribution in [3.8, 4) is 0 Å². The van der Waals surface area contributed by atoms with Crippen LogP contribution in [0.15, 0.2) is 0 Å². The van der Waals surface area contributed by atoms with E-state index in [2.05, 4.69) is 0 Å². The van der Waals surface area contributed by atoms with E-state index in [0.29, 0.717) is 25.7 Å². The van der Waals surface area contributed by atoms with Crippen molar-refractivity contribution in [3.05, 3.63) is 0 Å². The lowest BCUT2D eigenvalue weighted by Crippen LogP contribution is -2.34. The molecule has 0 saturated heterocycles. The van der Waals surface area contributed by atoms with Crippen LogP contribution in [0.2, 0.25) is 0 Å². The highest BCUT2D eigenvalue weighted by atomic mass is 16.3. The number of hydrogen-bond donors (Lipinski definition) is 4. The summed E-state index contributed by atoms with van der Waals surface area (Å²) >= 11 is 0. The van der Waals surface area contributed by atoms with Crippen molar-refractivity contribution in [1.29, 1.82) is 0 Å². The first kappa shape index (κ1) is 15.8. The Morgan fingerprint density at radius 3 is 2.12 bits per heavy atom. The van der Waals surface area contributed by atoms with Gasteiger partial charge in [0.1, 0.15) is 0 Å². The summed E-state index contributed by atoms with van der Waals surface area (Å²) in [6, 6.07) is 0. The van der Waals surface area contributed by atoms with Gasteiger partial charge in [0, 0.05) is 13.2 Å². The van der Waals surface area contributed by atoms with Gasteiger partial charge in [0.25, 0.3) is 0 Å². The third kappa shape index (κ3) is 5.80. The van der Waals surface area contributed by atoms with Gasteiger partial charge in [-0.2, -0.15) is 0 Å². The molecule has 0 radical (unpaired) electrons. The van der Waals surface area contributed by atoms with Crippen LogP contribution < -0.4 is 0 Å². The molecule has 0 amide bonds. The molecule has 0 aliphatic heterocycles. The quantitative estimate of drug-likeness (QED) is 0.442. The van der Waals surface area contributed by atoms with Crippen molar-refractivity contribution < 1.29 is 20.4 Å². The number of hydrogen-bond acceptors (Lipinski definition) is 4. The summed E-state index contributed by atoms with van der Waals surface area (Å²) in [4.78, 5) is 0. The fourth-order valence-electron chi connectivity index (χ4n) is 1.62. The largest absolute Gasteiger partial charge is 0.396 e. The SMILES string of the molecule is CCC(C)(CO)CC(O)C(O)CCCCO. The summed E-state index contributed by atoms with van der Waals surface area (Å²) in [5, 5.41) is 37.3. The van der Waals surface area contributed by atoms with E-state index < -0.39 is 12.2 Å². The van der Waals surface area contributed by atoms with Crippen LogP contribution >= 0.6 is 0 Å². The van der Waals surface area contributed by atoms with Crippen LogP contribution in [0.1, 0.15) is 46.0 Å². The highest BCUT2D eigenvalue weighted by Gasteiger charge is 2.28. The summed E-state index contributed by atoms with van der Waals surface area (Å²) in [5.74, 6) is 0. The van der Waals surface area contributed by atoms with E-state index in [9.17, 15) is 15.3 Å². The number of unbranched alkanes of at least 4 members (excludes halogenated alkanes) is 1. The van der Waals surface area contributed by atoms with Crippen LogP contribution in [0.4, 0.5) is 0 Å². The predicted octanol–water partition coefficient (Wildman–Crippen LogP) is 0.669. The Labute approximate surface area is 97.9 Å². The lowest BCUT2D eigenvalue weighted by molar-refractivity contribution is -0.0262. The number of aliphatic hydroxyl groups is 4. The van der Waals surface area contributed by atoms with Gasteiger partial charge in [-0.15, -0.1) is 0 Å². The monoisotopic (exact) mass is 234 g/mol. The van der Waals surface area contributed by atoms with E-state index in [-0.39, 0.29) is 18.6 Å². The summed E-state index contributed by atoms with van der Waals surface area (Å²) in [6.07, 6.45) is 1.46. The minimum absolute atomic E-state index is 0.0178. The van der Waals surface area contributed by atoms with Gasteiger partial charge in [-0.25, -0.2) is 0 Å². The van der Waals surface area contributed by atoms with E-state index >= 15 is 0 Å². The van der Waals surface area contributed by atoms with Crippen molar-refractivity contribution >= 4 is 0 Å². The zero-order valence-corrected chi connectivity index (χ0v) is 10.4. The fourth-order valence-corrected chi connectivity index (χ4v) is 1.62. The fraction of sp³-hybridized carbons (Fsp3) is 1.00. The van der Waals surface area contributed by atoms with Crippen molar-refractivity contribution in [2.24, 2.45) is 5.41 Å². The van der Waals surface area contributed by atoms with Crippen LogP contribution in [0.5, 0.6) is 0 Å². The maximum absolute atomic E-state index is 9.79.